The Kier molecular flexibility index (Phi) is 2.22. The molecule has 0 aromatic rings. The first-order valence-corrected chi connectivity index (χ1v) is 3.95. The molecule has 0 aromatic heterocycles. The summed E-state index contributed by atoms with van der Waals surface area (Å²) in [7, 11) is 0. The minimum atomic E-state index is 0.460. The zero-order valence-corrected chi connectivity index (χ0v) is 7.12. The van der Waals surface area contributed by atoms with Crippen molar-refractivity contribution in [1.82, 2.24) is 4.90 Å². The largest absolute Gasteiger partial charge is 0.368 e. The maximum atomic E-state index is 5.58. The van der Waals surface area contributed by atoms with Gasteiger partial charge in [0.15, 0.2) is 0 Å². The van der Waals surface area contributed by atoms with Gasteiger partial charge in [-0.15, -0.1) is 5.10 Å². The fourth-order valence-electron chi connectivity index (χ4n) is 1.69. The zero-order valence-electron chi connectivity index (χ0n) is 7.12. The SMILES string of the molecule is CC1CC(C)N(C(N)=NN)C1. The van der Waals surface area contributed by atoms with Crippen LogP contribution in [0.2, 0.25) is 0 Å². The van der Waals surface area contributed by atoms with E-state index in [-0.39, 0.29) is 0 Å². The van der Waals surface area contributed by atoms with Gasteiger partial charge in [-0.05, 0) is 19.3 Å². The molecule has 4 N–H and O–H groups in total. The fourth-order valence-corrected chi connectivity index (χ4v) is 1.69. The van der Waals surface area contributed by atoms with Crippen molar-refractivity contribution >= 4 is 5.96 Å². The fraction of sp³-hybridized carbons (Fsp3) is 0.857. The second-order valence-corrected chi connectivity index (χ2v) is 3.33. The van der Waals surface area contributed by atoms with Crippen molar-refractivity contribution < 1.29 is 0 Å². The first kappa shape index (κ1) is 8.17. The predicted octanol–water partition coefficient (Wildman–Crippen LogP) is -0.0949. The molecule has 0 aromatic carbocycles. The number of rotatable bonds is 0. The lowest BCUT2D eigenvalue weighted by Gasteiger charge is -2.21. The van der Waals surface area contributed by atoms with Gasteiger partial charge >= 0.3 is 0 Å². The molecular formula is C7H16N4. The number of likely N-dealkylation sites (tertiary alicyclic amines) is 1. The van der Waals surface area contributed by atoms with E-state index in [1.807, 2.05) is 4.90 Å². The Morgan fingerprint density at radius 3 is 2.55 bits per heavy atom. The maximum absolute atomic E-state index is 5.58. The summed E-state index contributed by atoms with van der Waals surface area (Å²) >= 11 is 0. The average Bonchev–Trinajstić information content (AvgIpc) is 2.28. The standard InChI is InChI=1S/C7H16N4/c1-5-3-6(2)11(4-5)7(8)10-9/h5-6H,3-4,9H2,1-2H3,(H2,8,10). The number of hydrogen-bond acceptors (Lipinski definition) is 2. The van der Waals surface area contributed by atoms with Crippen LogP contribution in [0.5, 0.6) is 0 Å². The van der Waals surface area contributed by atoms with Crippen LogP contribution in [0.25, 0.3) is 0 Å². The summed E-state index contributed by atoms with van der Waals surface area (Å²) in [6.45, 7) is 5.33. The highest BCUT2D eigenvalue weighted by Crippen LogP contribution is 2.21. The van der Waals surface area contributed by atoms with Crippen LogP contribution in [-0.4, -0.2) is 23.4 Å². The number of hydrogen-bond donors (Lipinski definition) is 2. The summed E-state index contributed by atoms with van der Waals surface area (Å²) in [6, 6.07) is 0.484. The predicted molar refractivity (Wildman–Crippen MR) is 45.8 cm³/mol. The minimum Gasteiger partial charge on any atom is -0.368 e. The molecule has 1 rings (SSSR count). The molecule has 2 unspecified atom stereocenters. The Bertz CT molecular complexity index is 166. The van der Waals surface area contributed by atoms with Gasteiger partial charge in [0.05, 0.1) is 0 Å². The van der Waals surface area contributed by atoms with Crippen molar-refractivity contribution in [3.8, 4) is 0 Å². The first-order valence-electron chi connectivity index (χ1n) is 3.95. The highest BCUT2D eigenvalue weighted by atomic mass is 15.3. The van der Waals surface area contributed by atoms with E-state index in [1.54, 1.807) is 0 Å². The third-order valence-corrected chi connectivity index (χ3v) is 2.21. The van der Waals surface area contributed by atoms with E-state index in [4.69, 9.17) is 11.6 Å². The van der Waals surface area contributed by atoms with Gasteiger partial charge in [-0.3, -0.25) is 0 Å². The van der Waals surface area contributed by atoms with Crippen LogP contribution in [0, 0.1) is 5.92 Å². The minimum absolute atomic E-state index is 0.460. The molecule has 1 heterocycles. The number of hydrazone groups is 1. The van der Waals surface area contributed by atoms with Gasteiger partial charge in [0, 0.05) is 12.6 Å². The van der Waals surface area contributed by atoms with Crippen LogP contribution in [0.15, 0.2) is 5.10 Å². The molecule has 0 spiro atoms. The third-order valence-electron chi connectivity index (χ3n) is 2.21. The van der Waals surface area contributed by atoms with Crippen LogP contribution in [0.4, 0.5) is 0 Å². The molecule has 64 valence electrons. The highest BCUT2D eigenvalue weighted by Gasteiger charge is 2.27. The molecule has 0 radical (unpaired) electrons. The summed E-state index contributed by atoms with van der Waals surface area (Å²) in [5.41, 5.74) is 5.58. The summed E-state index contributed by atoms with van der Waals surface area (Å²) in [5.74, 6) is 6.24. The molecule has 2 atom stereocenters. The summed E-state index contributed by atoms with van der Waals surface area (Å²) in [6.07, 6.45) is 1.18. The molecule has 11 heavy (non-hydrogen) atoms. The van der Waals surface area contributed by atoms with E-state index < -0.39 is 0 Å². The molecule has 0 bridgehead atoms. The third kappa shape index (κ3) is 1.56. The average molecular weight is 156 g/mol. The molecule has 1 saturated heterocycles. The van der Waals surface area contributed by atoms with E-state index in [0.29, 0.717) is 17.9 Å². The van der Waals surface area contributed by atoms with Gasteiger partial charge in [0.2, 0.25) is 5.96 Å². The molecular weight excluding hydrogens is 140 g/mol. The summed E-state index contributed by atoms with van der Waals surface area (Å²) in [4.78, 5) is 2.05. The van der Waals surface area contributed by atoms with Gasteiger partial charge in [-0.1, -0.05) is 6.92 Å². The Balaban J connectivity index is 2.60. The quantitative estimate of drug-likeness (QED) is 0.223. The summed E-state index contributed by atoms with van der Waals surface area (Å²) in [5, 5.41) is 3.48. The van der Waals surface area contributed by atoms with Crippen molar-refractivity contribution in [2.45, 2.75) is 26.3 Å². The van der Waals surface area contributed by atoms with Crippen LogP contribution in [0.3, 0.4) is 0 Å². The lowest BCUT2D eigenvalue weighted by molar-refractivity contribution is 0.405. The Labute approximate surface area is 67.2 Å². The Hall–Kier alpha value is -0.930. The monoisotopic (exact) mass is 156 g/mol. The normalized spacial score (nSPS) is 32.9. The lowest BCUT2D eigenvalue weighted by atomic mass is 10.1. The number of nitrogens with zero attached hydrogens (tertiary/aromatic N) is 2. The van der Waals surface area contributed by atoms with E-state index >= 15 is 0 Å². The van der Waals surface area contributed by atoms with Gasteiger partial charge in [-0.25, -0.2) is 0 Å². The highest BCUT2D eigenvalue weighted by molar-refractivity contribution is 5.78. The second-order valence-electron chi connectivity index (χ2n) is 3.33. The van der Waals surface area contributed by atoms with Gasteiger partial charge in [0.1, 0.15) is 0 Å². The Morgan fingerprint density at radius 1 is 1.55 bits per heavy atom. The molecule has 4 heteroatoms. The molecule has 1 aliphatic heterocycles. The van der Waals surface area contributed by atoms with Gasteiger partial charge < -0.3 is 16.5 Å². The van der Waals surface area contributed by atoms with E-state index in [0.717, 1.165) is 6.54 Å². The first-order chi connectivity index (χ1) is 5.15. The Morgan fingerprint density at radius 2 is 2.18 bits per heavy atom. The molecule has 4 nitrogen and oxygen atoms in total. The molecule has 0 amide bonds. The molecule has 0 saturated carbocycles. The van der Waals surface area contributed by atoms with Crippen LogP contribution in [0.1, 0.15) is 20.3 Å². The van der Waals surface area contributed by atoms with Crippen LogP contribution >= 0.6 is 0 Å². The summed E-state index contributed by atoms with van der Waals surface area (Å²) < 4.78 is 0. The molecule has 0 aliphatic carbocycles. The second kappa shape index (κ2) is 2.98. The van der Waals surface area contributed by atoms with Crippen molar-refractivity contribution in [3.63, 3.8) is 0 Å². The smallest absolute Gasteiger partial charge is 0.213 e. The van der Waals surface area contributed by atoms with Gasteiger partial charge in [-0.2, -0.15) is 0 Å². The van der Waals surface area contributed by atoms with Crippen molar-refractivity contribution in [1.29, 1.82) is 0 Å². The number of guanidine groups is 1. The molecule has 1 fully saturated rings. The lowest BCUT2D eigenvalue weighted by Crippen LogP contribution is -2.40. The van der Waals surface area contributed by atoms with Crippen molar-refractivity contribution in [2.75, 3.05) is 6.54 Å². The zero-order chi connectivity index (χ0) is 8.43. The topological polar surface area (TPSA) is 67.6 Å². The van der Waals surface area contributed by atoms with Crippen LogP contribution in [-0.2, 0) is 0 Å². The maximum Gasteiger partial charge on any atom is 0.213 e. The van der Waals surface area contributed by atoms with Crippen LogP contribution < -0.4 is 11.6 Å². The van der Waals surface area contributed by atoms with Crippen molar-refractivity contribution in [3.05, 3.63) is 0 Å². The van der Waals surface area contributed by atoms with E-state index in [2.05, 4.69) is 18.9 Å². The van der Waals surface area contributed by atoms with Crippen molar-refractivity contribution in [2.24, 2.45) is 22.6 Å². The van der Waals surface area contributed by atoms with Gasteiger partial charge in [0.25, 0.3) is 0 Å². The number of nitrogens with two attached hydrogens (primary N) is 2. The van der Waals surface area contributed by atoms with E-state index in [9.17, 15) is 0 Å². The van der Waals surface area contributed by atoms with E-state index in [1.165, 1.54) is 6.42 Å². The molecule has 1 aliphatic rings.